The van der Waals surface area contributed by atoms with Crippen LogP contribution in [-0.4, -0.2) is 44.0 Å². The quantitative estimate of drug-likeness (QED) is 0.584. The van der Waals surface area contributed by atoms with Gasteiger partial charge in [0.15, 0.2) is 0 Å². The standard InChI is InChI=1S/C10H14N2O5S/c1-12(6-7-17-18(14,15)16)10(13)8-4-2-3-5-9(8)11/h2-5H,6-7,11H2,1H3,(H,14,15,16). The molecule has 1 aromatic rings. The second kappa shape index (κ2) is 5.80. The number of para-hydroxylation sites is 1. The van der Waals surface area contributed by atoms with Crippen molar-refractivity contribution >= 4 is 22.0 Å². The van der Waals surface area contributed by atoms with E-state index in [4.69, 9.17) is 10.3 Å². The summed E-state index contributed by atoms with van der Waals surface area (Å²) < 4.78 is 33.1. The summed E-state index contributed by atoms with van der Waals surface area (Å²) in [6.45, 7) is -0.319. The lowest BCUT2D eigenvalue weighted by Crippen LogP contribution is -2.31. The molecule has 0 saturated heterocycles. The molecule has 0 atom stereocenters. The monoisotopic (exact) mass is 274 g/mol. The molecular formula is C10H14N2O5S. The Balaban J connectivity index is 2.60. The van der Waals surface area contributed by atoms with Crippen LogP contribution in [0.1, 0.15) is 10.4 Å². The number of anilines is 1. The average molecular weight is 274 g/mol. The summed E-state index contributed by atoms with van der Waals surface area (Å²) in [5, 5.41) is 0. The summed E-state index contributed by atoms with van der Waals surface area (Å²) in [7, 11) is -3.01. The van der Waals surface area contributed by atoms with Crippen LogP contribution in [0.4, 0.5) is 5.69 Å². The van der Waals surface area contributed by atoms with Gasteiger partial charge in [-0.2, -0.15) is 8.42 Å². The lowest BCUT2D eigenvalue weighted by molar-refractivity contribution is 0.0772. The Morgan fingerprint density at radius 1 is 1.44 bits per heavy atom. The molecule has 3 N–H and O–H groups in total. The zero-order valence-corrected chi connectivity index (χ0v) is 10.6. The van der Waals surface area contributed by atoms with Gasteiger partial charge in [-0.25, -0.2) is 4.18 Å². The third kappa shape index (κ3) is 4.32. The SMILES string of the molecule is CN(CCOS(=O)(=O)O)C(=O)c1ccccc1N. The number of rotatable bonds is 5. The second-order valence-corrected chi connectivity index (χ2v) is 4.65. The van der Waals surface area contributed by atoms with Crippen molar-refractivity contribution < 1.29 is 21.9 Å². The molecule has 0 unspecified atom stereocenters. The van der Waals surface area contributed by atoms with Crippen molar-refractivity contribution in [2.24, 2.45) is 0 Å². The van der Waals surface area contributed by atoms with Gasteiger partial charge < -0.3 is 10.6 Å². The molecule has 100 valence electrons. The van der Waals surface area contributed by atoms with Crippen LogP contribution in [-0.2, 0) is 14.6 Å². The van der Waals surface area contributed by atoms with E-state index in [0.717, 1.165) is 0 Å². The first-order chi connectivity index (χ1) is 8.31. The number of nitrogen functional groups attached to an aromatic ring is 1. The summed E-state index contributed by atoms with van der Waals surface area (Å²) in [6.07, 6.45) is 0. The first-order valence-electron chi connectivity index (χ1n) is 5.03. The lowest BCUT2D eigenvalue weighted by Gasteiger charge is -2.17. The van der Waals surface area contributed by atoms with Crippen molar-refractivity contribution in [1.82, 2.24) is 4.90 Å². The van der Waals surface area contributed by atoms with Gasteiger partial charge in [-0.3, -0.25) is 9.35 Å². The number of hydrogen-bond acceptors (Lipinski definition) is 5. The van der Waals surface area contributed by atoms with Gasteiger partial charge in [0.05, 0.1) is 12.2 Å². The Kier molecular flexibility index (Phi) is 4.65. The van der Waals surface area contributed by atoms with E-state index in [2.05, 4.69) is 4.18 Å². The maximum Gasteiger partial charge on any atom is 0.397 e. The van der Waals surface area contributed by atoms with E-state index in [-0.39, 0.29) is 19.1 Å². The average Bonchev–Trinajstić information content (AvgIpc) is 2.27. The number of likely N-dealkylation sites (N-methyl/N-ethyl adjacent to an activating group) is 1. The second-order valence-electron chi connectivity index (χ2n) is 3.56. The number of carbonyl (C=O) groups is 1. The van der Waals surface area contributed by atoms with Crippen LogP contribution in [0.2, 0.25) is 0 Å². The van der Waals surface area contributed by atoms with Gasteiger partial charge in [-0.1, -0.05) is 12.1 Å². The van der Waals surface area contributed by atoms with Crippen LogP contribution in [0.3, 0.4) is 0 Å². The fourth-order valence-corrected chi connectivity index (χ4v) is 1.56. The van der Waals surface area contributed by atoms with E-state index in [0.29, 0.717) is 11.3 Å². The van der Waals surface area contributed by atoms with E-state index < -0.39 is 10.4 Å². The number of nitrogens with two attached hydrogens (primary N) is 1. The van der Waals surface area contributed by atoms with E-state index in [1.54, 1.807) is 24.3 Å². The highest BCUT2D eigenvalue weighted by molar-refractivity contribution is 7.80. The van der Waals surface area contributed by atoms with Crippen LogP contribution in [0.25, 0.3) is 0 Å². The van der Waals surface area contributed by atoms with Crippen LogP contribution in [0, 0.1) is 0 Å². The summed E-state index contributed by atoms with van der Waals surface area (Å²) in [4.78, 5) is 13.1. The van der Waals surface area contributed by atoms with Crippen LogP contribution in [0.5, 0.6) is 0 Å². The van der Waals surface area contributed by atoms with E-state index in [1.165, 1.54) is 11.9 Å². The molecule has 0 aliphatic rings. The summed E-state index contributed by atoms with van der Waals surface area (Å²) in [5.41, 5.74) is 6.31. The van der Waals surface area contributed by atoms with Gasteiger partial charge in [0, 0.05) is 19.3 Å². The van der Waals surface area contributed by atoms with E-state index >= 15 is 0 Å². The molecule has 7 nitrogen and oxygen atoms in total. The van der Waals surface area contributed by atoms with Gasteiger partial charge in [0.25, 0.3) is 5.91 Å². The highest BCUT2D eigenvalue weighted by Crippen LogP contribution is 2.12. The fourth-order valence-electron chi connectivity index (χ4n) is 1.28. The molecule has 0 fully saturated rings. The Morgan fingerprint density at radius 3 is 2.61 bits per heavy atom. The van der Waals surface area contributed by atoms with Crippen LogP contribution in [0.15, 0.2) is 24.3 Å². The highest BCUT2D eigenvalue weighted by Gasteiger charge is 2.14. The minimum Gasteiger partial charge on any atom is -0.398 e. The molecular weight excluding hydrogens is 260 g/mol. The van der Waals surface area contributed by atoms with Crippen molar-refractivity contribution in [3.63, 3.8) is 0 Å². The Hall–Kier alpha value is -1.64. The van der Waals surface area contributed by atoms with Crippen molar-refractivity contribution in [3.05, 3.63) is 29.8 Å². The molecule has 8 heteroatoms. The maximum atomic E-state index is 11.9. The summed E-state index contributed by atoms with van der Waals surface area (Å²) in [5.74, 6) is -0.355. The third-order valence-corrected chi connectivity index (χ3v) is 2.66. The molecule has 1 amide bonds. The fraction of sp³-hybridized carbons (Fsp3) is 0.300. The number of nitrogens with zero attached hydrogens (tertiary/aromatic N) is 1. The molecule has 0 bridgehead atoms. The molecule has 0 aliphatic carbocycles. The molecule has 1 aromatic carbocycles. The molecule has 0 aliphatic heterocycles. The Labute approximate surface area is 105 Å². The number of amides is 1. The number of carbonyl (C=O) groups excluding carboxylic acids is 1. The highest BCUT2D eigenvalue weighted by atomic mass is 32.3. The first kappa shape index (κ1) is 14.4. The lowest BCUT2D eigenvalue weighted by atomic mass is 10.1. The molecule has 0 saturated carbocycles. The minimum absolute atomic E-state index is 0.00690. The smallest absolute Gasteiger partial charge is 0.397 e. The van der Waals surface area contributed by atoms with Crippen molar-refractivity contribution in [3.8, 4) is 0 Å². The maximum absolute atomic E-state index is 11.9. The topological polar surface area (TPSA) is 110 Å². The van der Waals surface area contributed by atoms with E-state index in [9.17, 15) is 13.2 Å². The predicted octanol–water partition coefficient (Wildman–Crippen LogP) is 0.160. The van der Waals surface area contributed by atoms with Gasteiger partial charge in [0.1, 0.15) is 0 Å². The third-order valence-electron chi connectivity index (χ3n) is 2.20. The number of benzene rings is 1. The van der Waals surface area contributed by atoms with Gasteiger partial charge in [0.2, 0.25) is 0 Å². The van der Waals surface area contributed by atoms with Crippen molar-refractivity contribution in [2.75, 3.05) is 25.9 Å². The zero-order valence-electron chi connectivity index (χ0n) is 9.74. The van der Waals surface area contributed by atoms with Gasteiger partial charge in [-0.15, -0.1) is 0 Å². The van der Waals surface area contributed by atoms with Crippen molar-refractivity contribution in [2.45, 2.75) is 0 Å². The Morgan fingerprint density at radius 2 is 2.06 bits per heavy atom. The first-order valence-corrected chi connectivity index (χ1v) is 6.39. The van der Waals surface area contributed by atoms with Gasteiger partial charge in [-0.05, 0) is 12.1 Å². The molecule has 0 radical (unpaired) electrons. The van der Waals surface area contributed by atoms with Gasteiger partial charge >= 0.3 is 10.4 Å². The van der Waals surface area contributed by atoms with E-state index in [1.807, 2.05) is 0 Å². The van der Waals surface area contributed by atoms with Crippen LogP contribution >= 0.6 is 0 Å². The molecule has 0 spiro atoms. The zero-order chi connectivity index (χ0) is 13.8. The largest absolute Gasteiger partial charge is 0.398 e. The molecule has 0 aromatic heterocycles. The Bertz CT molecular complexity index is 529. The normalized spacial score (nSPS) is 11.2. The summed E-state index contributed by atoms with van der Waals surface area (Å²) >= 11 is 0. The van der Waals surface area contributed by atoms with Crippen molar-refractivity contribution in [1.29, 1.82) is 0 Å². The number of hydrogen-bond donors (Lipinski definition) is 2. The predicted molar refractivity (Wildman–Crippen MR) is 65.3 cm³/mol. The minimum atomic E-state index is -4.48. The molecule has 1 rings (SSSR count). The molecule has 0 heterocycles. The van der Waals surface area contributed by atoms with Crippen LogP contribution < -0.4 is 5.73 Å². The molecule has 18 heavy (non-hydrogen) atoms. The summed E-state index contributed by atoms with van der Waals surface area (Å²) in [6, 6.07) is 6.53.